The number of hydrogen-bond donors (Lipinski definition) is 2. The van der Waals surface area contributed by atoms with Crippen LogP contribution in [0.2, 0.25) is 0 Å². The Morgan fingerprint density at radius 1 is 0.974 bits per heavy atom. The molecule has 2 aromatic carbocycles. The summed E-state index contributed by atoms with van der Waals surface area (Å²) in [5.41, 5.74) is 3.69. The average Bonchev–Trinajstić information content (AvgIpc) is 3.28. The Kier molecular flexibility index (Phi) is 6.45. The van der Waals surface area contributed by atoms with Crippen molar-refractivity contribution in [1.82, 2.24) is 9.97 Å². The second-order valence-corrected chi connectivity index (χ2v) is 10.5. The van der Waals surface area contributed by atoms with Crippen molar-refractivity contribution in [2.45, 2.75) is 76.0 Å². The van der Waals surface area contributed by atoms with Crippen LogP contribution in [0.15, 0.2) is 48.7 Å². The van der Waals surface area contributed by atoms with Gasteiger partial charge in [0.25, 0.3) is 0 Å². The molecule has 3 aliphatic rings. The minimum atomic E-state index is -4.59. The Morgan fingerprint density at radius 2 is 1.79 bits per heavy atom. The van der Waals surface area contributed by atoms with E-state index in [-0.39, 0.29) is 36.2 Å². The first kappa shape index (κ1) is 24.7. The predicted molar refractivity (Wildman–Crippen MR) is 141 cm³/mol. The lowest BCUT2D eigenvalue weighted by molar-refractivity contribution is -0.137. The number of anilines is 4. The van der Waals surface area contributed by atoms with Gasteiger partial charge in [0.15, 0.2) is 0 Å². The molecule has 3 aromatic rings. The predicted octanol–water partition coefficient (Wildman–Crippen LogP) is 6.95. The number of rotatable bonds is 5. The topological polar surface area (TPSA) is 70.2 Å². The normalized spacial score (nSPS) is 19.4. The van der Waals surface area contributed by atoms with Gasteiger partial charge < -0.3 is 15.5 Å². The van der Waals surface area contributed by atoms with Gasteiger partial charge in [0, 0.05) is 23.6 Å². The number of carbonyl (C=O) groups is 1. The molecule has 1 atom stereocenters. The number of alkyl halides is 3. The molecule has 2 heterocycles. The molecule has 0 saturated heterocycles. The second kappa shape index (κ2) is 9.93. The average molecular weight is 522 g/mol. The molecule has 38 heavy (non-hydrogen) atoms. The van der Waals surface area contributed by atoms with Gasteiger partial charge in [-0.2, -0.15) is 18.2 Å². The SMILES string of the molecule is O=C1Cc2cc(Nc3ncc(C(F)(F)F)c(N(C4CCCCC4)C4CCCc5ccccc54)n3)ccc2N1. The minimum absolute atomic E-state index is 0.0270. The zero-order chi connectivity index (χ0) is 26.3. The summed E-state index contributed by atoms with van der Waals surface area (Å²) < 4.78 is 43.3. The van der Waals surface area contributed by atoms with Crippen LogP contribution >= 0.6 is 0 Å². The van der Waals surface area contributed by atoms with E-state index in [1.165, 1.54) is 5.56 Å². The fraction of sp³-hybridized carbons (Fsp3) is 0.414. The summed E-state index contributed by atoms with van der Waals surface area (Å²) in [5, 5.41) is 5.88. The van der Waals surface area contributed by atoms with Crippen LogP contribution in [-0.2, 0) is 23.8 Å². The maximum Gasteiger partial charge on any atom is 0.421 e. The Balaban J connectivity index is 1.43. The smallest absolute Gasteiger partial charge is 0.346 e. The van der Waals surface area contributed by atoms with Crippen LogP contribution in [0.1, 0.15) is 73.2 Å². The number of nitrogens with zero attached hydrogens (tertiary/aromatic N) is 3. The third kappa shape index (κ3) is 4.81. The van der Waals surface area contributed by atoms with E-state index >= 15 is 0 Å². The fourth-order valence-corrected chi connectivity index (χ4v) is 6.22. The zero-order valence-corrected chi connectivity index (χ0v) is 21.0. The highest BCUT2D eigenvalue weighted by Crippen LogP contribution is 2.45. The number of fused-ring (bicyclic) bond motifs is 2. The van der Waals surface area contributed by atoms with Crippen LogP contribution < -0.4 is 15.5 Å². The van der Waals surface area contributed by atoms with Crippen molar-refractivity contribution in [2.75, 3.05) is 15.5 Å². The van der Waals surface area contributed by atoms with E-state index in [1.54, 1.807) is 12.1 Å². The lowest BCUT2D eigenvalue weighted by Gasteiger charge is -2.44. The molecular formula is C29H30F3N5O. The van der Waals surface area contributed by atoms with Crippen molar-refractivity contribution < 1.29 is 18.0 Å². The number of nitrogens with one attached hydrogen (secondary N) is 2. The Morgan fingerprint density at radius 3 is 2.61 bits per heavy atom. The third-order valence-corrected chi connectivity index (χ3v) is 7.95. The standard InChI is InChI=1S/C29H30F3N5O/c30-29(31,32)23-17-33-28(34-20-13-14-24-19(15-20)16-26(38)35-24)36-27(23)37(21-9-2-1-3-10-21)25-12-6-8-18-7-4-5-11-22(18)25/h4-5,7,11,13-15,17,21,25H,1-3,6,8-10,12,16H2,(H,35,38)(H,33,34,36). The summed E-state index contributed by atoms with van der Waals surface area (Å²) in [6.07, 6.45) is 4.00. The summed E-state index contributed by atoms with van der Waals surface area (Å²) in [5.74, 6) is -0.0298. The number of amides is 1. The molecule has 1 unspecified atom stereocenters. The van der Waals surface area contributed by atoms with E-state index in [4.69, 9.17) is 0 Å². The maximum absolute atomic E-state index is 14.4. The molecule has 0 spiro atoms. The fourth-order valence-electron chi connectivity index (χ4n) is 6.22. The molecule has 6 rings (SSSR count). The van der Waals surface area contributed by atoms with Crippen molar-refractivity contribution in [2.24, 2.45) is 0 Å². The Bertz CT molecular complexity index is 1350. The van der Waals surface area contributed by atoms with Crippen LogP contribution in [0, 0.1) is 0 Å². The largest absolute Gasteiger partial charge is 0.421 e. The van der Waals surface area contributed by atoms with Crippen LogP contribution in [0.25, 0.3) is 0 Å². The Labute approximate surface area is 219 Å². The maximum atomic E-state index is 14.4. The molecule has 0 radical (unpaired) electrons. The van der Waals surface area contributed by atoms with E-state index in [1.807, 2.05) is 23.1 Å². The molecule has 6 nitrogen and oxygen atoms in total. The summed E-state index contributed by atoms with van der Waals surface area (Å²) >= 11 is 0. The molecule has 1 fully saturated rings. The van der Waals surface area contributed by atoms with E-state index < -0.39 is 11.7 Å². The molecule has 0 bridgehead atoms. The van der Waals surface area contributed by atoms with Crippen molar-refractivity contribution >= 4 is 29.0 Å². The van der Waals surface area contributed by atoms with Gasteiger partial charge >= 0.3 is 6.18 Å². The summed E-state index contributed by atoms with van der Waals surface area (Å²) in [6.45, 7) is 0. The van der Waals surface area contributed by atoms with Gasteiger partial charge in [-0.25, -0.2) is 4.98 Å². The number of hydrogen-bond acceptors (Lipinski definition) is 5. The first-order valence-electron chi connectivity index (χ1n) is 13.4. The minimum Gasteiger partial charge on any atom is -0.346 e. The molecule has 1 aromatic heterocycles. The van der Waals surface area contributed by atoms with Crippen molar-refractivity contribution in [3.63, 3.8) is 0 Å². The molecule has 1 saturated carbocycles. The summed E-state index contributed by atoms with van der Waals surface area (Å²) in [6, 6.07) is 13.3. The molecular weight excluding hydrogens is 491 g/mol. The monoisotopic (exact) mass is 521 g/mol. The highest BCUT2D eigenvalue weighted by atomic mass is 19.4. The quantitative estimate of drug-likeness (QED) is 0.380. The van der Waals surface area contributed by atoms with Crippen LogP contribution in [0.3, 0.4) is 0 Å². The van der Waals surface area contributed by atoms with Gasteiger partial charge in [-0.1, -0.05) is 43.5 Å². The highest BCUT2D eigenvalue weighted by molar-refractivity contribution is 5.99. The van der Waals surface area contributed by atoms with Crippen LogP contribution in [0.4, 0.5) is 36.3 Å². The lowest BCUT2D eigenvalue weighted by Crippen LogP contribution is -2.43. The Hall–Kier alpha value is -3.62. The molecule has 1 amide bonds. The van der Waals surface area contributed by atoms with Crippen LogP contribution in [-0.4, -0.2) is 21.9 Å². The van der Waals surface area contributed by atoms with Gasteiger partial charge in [-0.3, -0.25) is 4.79 Å². The van der Waals surface area contributed by atoms with Crippen molar-refractivity contribution in [3.05, 3.63) is 70.9 Å². The van der Waals surface area contributed by atoms with E-state index in [9.17, 15) is 18.0 Å². The first-order valence-corrected chi connectivity index (χ1v) is 13.4. The number of carbonyl (C=O) groups excluding carboxylic acids is 1. The number of aryl methyl sites for hydroxylation is 1. The van der Waals surface area contributed by atoms with Crippen molar-refractivity contribution in [3.8, 4) is 0 Å². The summed E-state index contributed by atoms with van der Waals surface area (Å²) in [7, 11) is 0. The van der Waals surface area contributed by atoms with E-state index in [0.717, 1.165) is 74.4 Å². The van der Waals surface area contributed by atoms with Gasteiger partial charge in [-0.15, -0.1) is 0 Å². The number of benzene rings is 2. The molecule has 2 aliphatic carbocycles. The highest BCUT2D eigenvalue weighted by Gasteiger charge is 2.41. The summed E-state index contributed by atoms with van der Waals surface area (Å²) in [4.78, 5) is 22.4. The third-order valence-electron chi connectivity index (χ3n) is 7.95. The van der Waals surface area contributed by atoms with Gasteiger partial charge in [0.05, 0.1) is 12.5 Å². The first-order chi connectivity index (χ1) is 18.4. The zero-order valence-electron chi connectivity index (χ0n) is 21.0. The molecule has 1 aliphatic heterocycles. The van der Waals surface area contributed by atoms with Crippen LogP contribution in [0.5, 0.6) is 0 Å². The molecule has 2 N–H and O–H groups in total. The molecule has 9 heteroatoms. The number of halogens is 3. The second-order valence-electron chi connectivity index (χ2n) is 10.5. The number of aromatic nitrogens is 2. The van der Waals surface area contributed by atoms with Crippen molar-refractivity contribution in [1.29, 1.82) is 0 Å². The van der Waals surface area contributed by atoms with Gasteiger partial charge in [0.1, 0.15) is 11.4 Å². The van der Waals surface area contributed by atoms with Gasteiger partial charge in [-0.05, 0) is 67.0 Å². The van der Waals surface area contributed by atoms with Gasteiger partial charge in [0.2, 0.25) is 11.9 Å². The lowest BCUT2D eigenvalue weighted by atomic mass is 9.84. The molecule has 198 valence electrons. The van der Waals surface area contributed by atoms with E-state index in [0.29, 0.717) is 5.69 Å². The van der Waals surface area contributed by atoms with E-state index in [2.05, 4.69) is 32.7 Å².